The lowest BCUT2D eigenvalue weighted by Crippen LogP contribution is -2.26. The number of hydrogen-bond acceptors (Lipinski definition) is 5. The average Bonchev–Trinajstić information content (AvgIpc) is 3.16. The number of fused-ring (bicyclic) bond motifs is 1. The van der Waals surface area contributed by atoms with Crippen molar-refractivity contribution in [3.63, 3.8) is 0 Å². The Morgan fingerprint density at radius 3 is 2.74 bits per heavy atom. The van der Waals surface area contributed by atoms with E-state index in [2.05, 4.69) is 16.7 Å². The van der Waals surface area contributed by atoms with Gasteiger partial charge in [-0.1, -0.05) is 12.1 Å². The topological polar surface area (TPSA) is 77.8 Å². The zero-order valence-electron chi connectivity index (χ0n) is 14.9. The maximum Gasteiger partial charge on any atom is 0.251 e. The summed E-state index contributed by atoms with van der Waals surface area (Å²) >= 11 is 1.70. The molecule has 1 amide bonds. The monoisotopic (exact) mass is 376 g/mol. The largest absolute Gasteiger partial charge is 0.348 e. The third kappa shape index (κ3) is 4.00. The van der Waals surface area contributed by atoms with Crippen LogP contribution in [0.25, 0.3) is 10.2 Å². The van der Waals surface area contributed by atoms with Crippen molar-refractivity contribution in [2.24, 2.45) is 0 Å². The molecule has 0 bridgehead atoms. The van der Waals surface area contributed by atoms with E-state index in [4.69, 9.17) is 10.2 Å². The van der Waals surface area contributed by atoms with Gasteiger partial charge in [0.2, 0.25) is 0 Å². The zero-order valence-corrected chi connectivity index (χ0v) is 15.7. The predicted octanol–water partition coefficient (Wildman–Crippen LogP) is 3.56. The van der Waals surface area contributed by atoms with Crippen LogP contribution < -0.4 is 10.6 Å². The molecule has 0 atom stereocenters. The minimum atomic E-state index is -0.0990. The molecule has 0 radical (unpaired) electrons. The Morgan fingerprint density at radius 1 is 1.22 bits per heavy atom. The molecule has 2 N–H and O–H groups in total. The van der Waals surface area contributed by atoms with Gasteiger partial charge in [-0.2, -0.15) is 5.26 Å². The van der Waals surface area contributed by atoms with Gasteiger partial charge in [-0.05, 0) is 61.8 Å². The number of hydrogen-bond donors (Lipinski definition) is 2. The summed E-state index contributed by atoms with van der Waals surface area (Å²) < 4.78 is 1.06. The summed E-state index contributed by atoms with van der Waals surface area (Å²) in [4.78, 5) is 17.3. The summed E-state index contributed by atoms with van der Waals surface area (Å²) in [5.74, 6) is 0.426. The third-order valence-electron chi connectivity index (χ3n) is 4.89. The molecule has 1 aliphatic heterocycles. The number of amides is 1. The lowest BCUT2D eigenvalue weighted by atomic mass is 9.99. The van der Waals surface area contributed by atoms with Crippen LogP contribution in [0.1, 0.15) is 45.3 Å². The van der Waals surface area contributed by atoms with Crippen LogP contribution in [0.2, 0.25) is 0 Å². The predicted molar refractivity (Wildman–Crippen MR) is 107 cm³/mol. The maximum atomic E-state index is 12.5. The van der Waals surface area contributed by atoms with Crippen molar-refractivity contribution in [2.75, 3.05) is 13.1 Å². The SMILES string of the molecule is N#Cc1ccc(CNC(=O)c2ccc3nc(C4CCNCC4)sc3c2)cc1. The number of piperidine rings is 1. The summed E-state index contributed by atoms with van der Waals surface area (Å²) in [6.07, 6.45) is 2.25. The second kappa shape index (κ2) is 7.87. The van der Waals surface area contributed by atoms with Crippen molar-refractivity contribution in [2.45, 2.75) is 25.3 Å². The van der Waals surface area contributed by atoms with Gasteiger partial charge in [0.25, 0.3) is 5.91 Å². The van der Waals surface area contributed by atoms with Crippen LogP contribution in [-0.4, -0.2) is 24.0 Å². The Balaban J connectivity index is 1.45. The standard InChI is InChI=1S/C21H20N4OS/c22-12-14-1-3-15(4-2-14)13-24-20(26)17-5-6-18-19(11-17)27-21(25-18)16-7-9-23-10-8-16/h1-6,11,16,23H,7-10,13H2,(H,24,26). The highest BCUT2D eigenvalue weighted by molar-refractivity contribution is 7.18. The number of carbonyl (C=O) groups is 1. The van der Waals surface area contributed by atoms with Crippen LogP contribution in [0.15, 0.2) is 42.5 Å². The van der Waals surface area contributed by atoms with Crippen LogP contribution >= 0.6 is 11.3 Å². The Bertz CT molecular complexity index is 997. The van der Waals surface area contributed by atoms with Crippen molar-refractivity contribution in [3.8, 4) is 6.07 Å². The molecule has 136 valence electrons. The summed E-state index contributed by atoms with van der Waals surface area (Å²) in [5, 5.41) is 16.3. The van der Waals surface area contributed by atoms with Gasteiger partial charge >= 0.3 is 0 Å². The molecule has 0 saturated carbocycles. The number of aromatic nitrogens is 1. The van der Waals surface area contributed by atoms with E-state index in [1.54, 1.807) is 23.5 Å². The van der Waals surface area contributed by atoms with Crippen molar-refractivity contribution < 1.29 is 4.79 Å². The van der Waals surface area contributed by atoms with E-state index in [9.17, 15) is 4.79 Å². The molecule has 6 heteroatoms. The van der Waals surface area contributed by atoms with Crippen LogP contribution in [0.4, 0.5) is 0 Å². The number of thiazole rings is 1. The van der Waals surface area contributed by atoms with Crippen LogP contribution in [0.5, 0.6) is 0 Å². The summed E-state index contributed by atoms with van der Waals surface area (Å²) in [7, 11) is 0. The second-order valence-electron chi connectivity index (χ2n) is 6.75. The number of benzene rings is 2. The molecule has 2 aromatic carbocycles. The second-order valence-corrected chi connectivity index (χ2v) is 7.81. The number of nitrogens with zero attached hydrogens (tertiary/aromatic N) is 2. The van der Waals surface area contributed by atoms with E-state index < -0.39 is 0 Å². The maximum absolute atomic E-state index is 12.5. The molecule has 4 rings (SSSR count). The first-order valence-electron chi connectivity index (χ1n) is 9.11. The number of nitriles is 1. The summed E-state index contributed by atoms with van der Waals surface area (Å²) in [5.41, 5.74) is 3.20. The van der Waals surface area contributed by atoms with Crippen LogP contribution in [-0.2, 0) is 6.54 Å². The normalized spacial score (nSPS) is 14.8. The van der Waals surface area contributed by atoms with Crippen molar-refractivity contribution in [1.29, 1.82) is 5.26 Å². The van der Waals surface area contributed by atoms with Crippen molar-refractivity contribution >= 4 is 27.5 Å². The summed E-state index contributed by atoms with van der Waals surface area (Å²) in [6.45, 7) is 2.53. The van der Waals surface area contributed by atoms with Gasteiger partial charge in [0.1, 0.15) is 0 Å². The van der Waals surface area contributed by atoms with Crippen LogP contribution in [0.3, 0.4) is 0 Å². The first kappa shape index (κ1) is 17.7. The molecular weight excluding hydrogens is 356 g/mol. The molecule has 0 spiro atoms. The van der Waals surface area contributed by atoms with Crippen molar-refractivity contribution in [1.82, 2.24) is 15.6 Å². The molecule has 27 heavy (non-hydrogen) atoms. The van der Waals surface area contributed by atoms with E-state index in [0.29, 0.717) is 23.6 Å². The Labute approximate surface area is 162 Å². The van der Waals surface area contributed by atoms with E-state index in [1.165, 1.54) is 5.01 Å². The van der Waals surface area contributed by atoms with Gasteiger partial charge in [-0.3, -0.25) is 4.79 Å². The number of carbonyl (C=O) groups excluding carboxylic acids is 1. The smallest absolute Gasteiger partial charge is 0.251 e. The molecule has 1 aromatic heterocycles. The number of nitrogens with one attached hydrogen (secondary N) is 2. The fourth-order valence-corrected chi connectivity index (χ4v) is 4.48. The first-order chi connectivity index (χ1) is 13.2. The summed E-state index contributed by atoms with van der Waals surface area (Å²) in [6, 6.07) is 15.0. The molecule has 1 aliphatic rings. The lowest BCUT2D eigenvalue weighted by Gasteiger charge is -2.20. The number of rotatable bonds is 4. The van der Waals surface area contributed by atoms with E-state index in [1.807, 2.05) is 30.3 Å². The zero-order chi connectivity index (χ0) is 18.6. The highest BCUT2D eigenvalue weighted by atomic mass is 32.1. The quantitative estimate of drug-likeness (QED) is 0.730. The van der Waals surface area contributed by atoms with E-state index >= 15 is 0 Å². The van der Waals surface area contributed by atoms with Gasteiger partial charge in [0.15, 0.2) is 0 Å². The molecule has 1 saturated heterocycles. The molecular formula is C21H20N4OS. The van der Waals surface area contributed by atoms with Crippen LogP contribution in [0, 0.1) is 11.3 Å². The average molecular weight is 376 g/mol. The molecule has 2 heterocycles. The lowest BCUT2D eigenvalue weighted by molar-refractivity contribution is 0.0951. The van der Waals surface area contributed by atoms with Crippen molar-refractivity contribution in [3.05, 3.63) is 64.2 Å². The molecule has 0 unspecified atom stereocenters. The highest BCUT2D eigenvalue weighted by Crippen LogP contribution is 2.32. The Kier molecular flexibility index (Phi) is 5.14. The van der Waals surface area contributed by atoms with E-state index in [-0.39, 0.29) is 5.91 Å². The van der Waals surface area contributed by atoms with Gasteiger partial charge in [-0.25, -0.2) is 4.98 Å². The third-order valence-corrected chi connectivity index (χ3v) is 6.07. The fraction of sp³-hybridized carbons (Fsp3) is 0.286. The molecule has 0 aliphatic carbocycles. The van der Waals surface area contributed by atoms with E-state index in [0.717, 1.165) is 41.7 Å². The fourth-order valence-electron chi connectivity index (χ4n) is 3.31. The molecule has 3 aromatic rings. The van der Waals surface area contributed by atoms with Gasteiger partial charge in [-0.15, -0.1) is 11.3 Å². The Morgan fingerprint density at radius 2 is 2.00 bits per heavy atom. The first-order valence-corrected chi connectivity index (χ1v) is 9.93. The highest BCUT2D eigenvalue weighted by Gasteiger charge is 2.19. The van der Waals surface area contributed by atoms with Gasteiger partial charge in [0.05, 0.1) is 26.9 Å². The molecule has 5 nitrogen and oxygen atoms in total. The Hall–Kier alpha value is -2.75. The minimum Gasteiger partial charge on any atom is -0.348 e. The minimum absolute atomic E-state index is 0.0990. The molecule has 1 fully saturated rings. The van der Waals surface area contributed by atoms with Gasteiger partial charge in [0, 0.05) is 18.0 Å². The van der Waals surface area contributed by atoms with Gasteiger partial charge < -0.3 is 10.6 Å².